The van der Waals surface area contributed by atoms with Crippen LogP contribution in [0.2, 0.25) is 0 Å². The molecule has 2 aromatic carbocycles. The Morgan fingerprint density at radius 3 is 2.68 bits per heavy atom. The van der Waals surface area contributed by atoms with Gasteiger partial charge in [0, 0.05) is 16.0 Å². The highest BCUT2D eigenvalue weighted by Crippen LogP contribution is 2.33. The fourth-order valence-corrected chi connectivity index (χ4v) is 4.93. The molecule has 0 bridgehead atoms. The predicted molar refractivity (Wildman–Crippen MR) is 141 cm³/mol. The van der Waals surface area contributed by atoms with Gasteiger partial charge in [0.25, 0.3) is 5.56 Å². The molecule has 0 aliphatic carbocycles. The van der Waals surface area contributed by atoms with Crippen LogP contribution in [-0.4, -0.2) is 31.3 Å². The second-order valence-electron chi connectivity index (χ2n) is 8.17. The molecule has 5 aromatic rings. The molecule has 3 heterocycles. The number of hydrogen-bond acceptors (Lipinski definition) is 9. The van der Waals surface area contributed by atoms with E-state index in [1.54, 1.807) is 37.4 Å². The summed E-state index contributed by atoms with van der Waals surface area (Å²) < 4.78 is 22.3. The third-order valence-electron chi connectivity index (χ3n) is 5.77. The molecule has 3 N–H and O–H groups in total. The number of fused-ring (bicyclic) bond motifs is 1. The van der Waals surface area contributed by atoms with Gasteiger partial charge in [-0.05, 0) is 43.3 Å². The summed E-state index contributed by atoms with van der Waals surface area (Å²) in [5.74, 6) is 0.290. The Balaban J connectivity index is 1.63. The monoisotopic (exact) mass is 528 g/mol. The summed E-state index contributed by atoms with van der Waals surface area (Å²) in [7, 11) is 1.40. The largest absolute Gasteiger partial charge is 0.494 e. The Morgan fingerprint density at radius 1 is 1.18 bits per heavy atom. The number of methoxy groups -OCH3 is 1. The zero-order chi connectivity index (χ0) is 26.8. The molecule has 0 saturated carbocycles. The minimum Gasteiger partial charge on any atom is -0.494 e. The molecule has 5 rings (SSSR count). The van der Waals surface area contributed by atoms with Crippen molar-refractivity contribution in [1.29, 1.82) is 5.26 Å². The summed E-state index contributed by atoms with van der Waals surface area (Å²) in [6, 6.07) is 16.9. The van der Waals surface area contributed by atoms with Crippen LogP contribution < -0.4 is 21.3 Å². The lowest BCUT2D eigenvalue weighted by Crippen LogP contribution is -2.29. The second-order valence-corrected chi connectivity index (χ2v) is 9.28. The smallest absolute Gasteiger partial charge is 0.283 e. The summed E-state index contributed by atoms with van der Waals surface area (Å²) in [6.07, 6.45) is 2.93. The molecule has 0 saturated heterocycles. The Kier molecular flexibility index (Phi) is 6.68. The van der Waals surface area contributed by atoms with Crippen LogP contribution in [0.4, 0.5) is 16.0 Å². The molecule has 12 heteroatoms. The van der Waals surface area contributed by atoms with E-state index in [1.807, 2.05) is 24.3 Å². The maximum absolute atomic E-state index is 14.3. The molecule has 1 atom stereocenters. The van der Waals surface area contributed by atoms with Crippen molar-refractivity contribution in [3.8, 4) is 17.5 Å². The average Bonchev–Trinajstić information content (AvgIpc) is 3.32. The first-order chi connectivity index (χ1) is 18.4. The minimum atomic E-state index is -0.567. The van der Waals surface area contributed by atoms with Crippen molar-refractivity contribution in [1.82, 2.24) is 24.1 Å². The summed E-state index contributed by atoms with van der Waals surface area (Å²) in [5, 5.41) is 17.4. The molecular formula is C26H21FN8O2S. The lowest BCUT2D eigenvalue weighted by atomic mass is 10.2. The number of halogens is 1. The van der Waals surface area contributed by atoms with Gasteiger partial charge in [-0.2, -0.15) is 10.4 Å². The van der Waals surface area contributed by atoms with Crippen molar-refractivity contribution in [2.75, 3.05) is 18.2 Å². The summed E-state index contributed by atoms with van der Waals surface area (Å²) in [4.78, 5) is 23.2. The summed E-state index contributed by atoms with van der Waals surface area (Å²) in [6.45, 7) is 1.80. The van der Waals surface area contributed by atoms with Crippen LogP contribution in [0, 0.1) is 17.1 Å². The van der Waals surface area contributed by atoms with Crippen molar-refractivity contribution in [3.63, 3.8) is 0 Å². The van der Waals surface area contributed by atoms with Gasteiger partial charge >= 0.3 is 0 Å². The molecule has 1 unspecified atom stereocenters. The van der Waals surface area contributed by atoms with Gasteiger partial charge in [-0.3, -0.25) is 9.36 Å². The standard InChI is InChI=1S/C26H21FN8O2S/c1-15(32-24-18(13-28)23(29)30-14-31-24)25-33-34-11-10-21(38-17-8-9-20(37-2)19(27)12-17)22(34)26(36)35(25)16-6-4-3-5-7-16/h3-12,14-15H,1-2H3,(H3,29,30,31,32). The van der Waals surface area contributed by atoms with E-state index in [1.165, 1.54) is 46.4 Å². The highest BCUT2D eigenvalue weighted by atomic mass is 32.2. The normalized spacial score (nSPS) is 11.7. The van der Waals surface area contributed by atoms with E-state index in [4.69, 9.17) is 15.6 Å². The molecule has 0 spiro atoms. The van der Waals surface area contributed by atoms with Crippen LogP contribution in [0.15, 0.2) is 81.7 Å². The van der Waals surface area contributed by atoms with Gasteiger partial charge in [0.15, 0.2) is 17.4 Å². The van der Waals surface area contributed by atoms with Crippen molar-refractivity contribution in [2.24, 2.45) is 0 Å². The zero-order valence-electron chi connectivity index (χ0n) is 20.3. The lowest BCUT2D eigenvalue weighted by molar-refractivity contribution is 0.385. The van der Waals surface area contributed by atoms with Crippen molar-refractivity contribution in [3.05, 3.63) is 94.7 Å². The van der Waals surface area contributed by atoms with Gasteiger partial charge in [0.2, 0.25) is 0 Å². The first kappa shape index (κ1) is 24.8. The molecule has 10 nitrogen and oxygen atoms in total. The van der Waals surface area contributed by atoms with Crippen LogP contribution >= 0.6 is 11.8 Å². The van der Waals surface area contributed by atoms with E-state index in [9.17, 15) is 14.4 Å². The molecular weight excluding hydrogens is 507 g/mol. The Morgan fingerprint density at radius 2 is 1.97 bits per heavy atom. The lowest BCUT2D eigenvalue weighted by Gasteiger charge is -2.20. The van der Waals surface area contributed by atoms with Crippen LogP contribution in [0.5, 0.6) is 5.75 Å². The number of nitriles is 1. The number of aromatic nitrogens is 5. The van der Waals surface area contributed by atoms with E-state index in [-0.39, 0.29) is 28.5 Å². The Hall–Kier alpha value is -4.89. The predicted octanol–water partition coefficient (Wildman–Crippen LogP) is 4.20. The molecule has 0 aliphatic heterocycles. The Labute approximate surface area is 220 Å². The van der Waals surface area contributed by atoms with Gasteiger partial charge in [-0.25, -0.2) is 18.9 Å². The van der Waals surface area contributed by atoms with Crippen LogP contribution in [0.25, 0.3) is 11.2 Å². The number of benzene rings is 2. The molecule has 0 radical (unpaired) electrons. The molecule has 190 valence electrons. The molecule has 38 heavy (non-hydrogen) atoms. The second kappa shape index (κ2) is 10.2. The Bertz CT molecular complexity index is 1750. The number of nitrogens with one attached hydrogen (secondary N) is 1. The highest BCUT2D eigenvalue weighted by Gasteiger charge is 2.22. The van der Waals surface area contributed by atoms with Gasteiger partial charge < -0.3 is 15.8 Å². The topological polar surface area (TPSA) is 136 Å². The van der Waals surface area contributed by atoms with Crippen molar-refractivity contribution < 1.29 is 9.13 Å². The molecule has 3 aromatic heterocycles. The highest BCUT2D eigenvalue weighted by molar-refractivity contribution is 7.99. The number of rotatable bonds is 7. The van der Waals surface area contributed by atoms with E-state index in [2.05, 4.69) is 15.3 Å². The van der Waals surface area contributed by atoms with E-state index in [0.29, 0.717) is 26.8 Å². The minimum absolute atomic E-state index is 0.0445. The number of nitrogens with zero attached hydrogens (tertiary/aromatic N) is 6. The number of hydrogen-bond donors (Lipinski definition) is 2. The van der Waals surface area contributed by atoms with Crippen molar-refractivity contribution >= 4 is 28.9 Å². The number of anilines is 2. The first-order valence-corrected chi connectivity index (χ1v) is 12.2. The number of para-hydroxylation sites is 1. The summed E-state index contributed by atoms with van der Waals surface area (Å²) >= 11 is 1.25. The van der Waals surface area contributed by atoms with E-state index in [0.717, 1.165) is 0 Å². The average molecular weight is 529 g/mol. The fourth-order valence-electron chi connectivity index (χ4n) is 3.97. The van der Waals surface area contributed by atoms with Gasteiger partial charge in [-0.1, -0.05) is 30.0 Å². The summed E-state index contributed by atoms with van der Waals surface area (Å²) in [5.41, 5.74) is 6.55. The third-order valence-corrected chi connectivity index (χ3v) is 6.81. The first-order valence-electron chi connectivity index (χ1n) is 11.4. The van der Waals surface area contributed by atoms with E-state index >= 15 is 0 Å². The number of nitrogens with two attached hydrogens (primary N) is 1. The maximum Gasteiger partial charge on any atom is 0.283 e. The SMILES string of the molecule is COc1ccc(Sc2ccn3nc(C(C)Nc4ncnc(N)c4C#N)n(-c4ccccc4)c(=O)c23)cc1F. The van der Waals surface area contributed by atoms with Gasteiger partial charge in [0.05, 0.1) is 18.8 Å². The van der Waals surface area contributed by atoms with E-state index < -0.39 is 11.9 Å². The van der Waals surface area contributed by atoms with Crippen molar-refractivity contribution in [2.45, 2.75) is 22.8 Å². The molecule has 0 aliphatic rings. The zero-order valence-corrected chi connectivity index (χ0v) is 21.1. The van der Waals surface area contributed by atoms with Crippen LogP contribution in [0.1, 0.15) is 24.4 Å². The maximum atomic E-state index is 14.3. The molecule has 0 amide bonds. The molecule has 0 fully saturated rings. The third kappa shape index (κ3) is 4.51. The number of nitrogen functional groups attached to an aromatic ring is 1. The van der Waals surface area contributed by atoms with Gasteiger partial charge in [-0.15, -0.1) is 0 Å². The van der Waals surface area contributed by atoms with Crippen LogP contribution in [-0.2, 0) is 0 Å². The van der Waals surface area contributed by atoms with Crippen LogP contribution in [0.3, 0.4) is 0 Å². The number of ether oxygens (including phenoxy) is 1. The fraction of sp³-hybridized carbons (Fsp3) is 0.115. The quantitative estimate of drug-likeness (QED) is 0.318. The van der Waals surface area contributed by atoms with Gasteiger partial charge in [0.1, 0.15) is 35.1 Å².